The van der Waals surface area contributed by atoms with Crippen LogP contribution in [0.5, 0.6) is 5.75 Å². The molecule has 0 radical (unpaired) electrons. The van der Waals surface area contributed by atoms with Crippen molar-refractivity contribution in [2.45, 2.75) is 45.7 Å². The van der Waals surface area contributed by atoms with Crippen molar-refractivity contribution in [1.82, 2.24) is 10.2 Å². The molecule has 7 heteroatoms. The zero-order valence-electron chi connectivity index (χ0n) is 17.6. The van der Waals surface area contributed by atoms with E-state index in [2.05, 4.69) is 5.32 Å². The van der Waals surface area contributed by atoms with Crippen LogP contribution >= 0.6 is 23.2 Å². The van der Waals surface area contributed by atoms with Gasteiger partial charge >= 0.3 is 0 Å². The highest BCUT2D eigenvalue weighted by Gasteiger charge is 2.27. The summed E-state index contributed by atoms with van der Waals surface area (Å²) < 4.78 is 5.71. The molecule has 2 amide bonds. The maximum Gasteiger partial charge on any atom is 0.242 e. The minimum atomic E-state index is -0.560. The average molecular weight is 451 g/mol. The van der Waals surface area contributed by atoms with Crippen molar-refractivity contribution in [1.29, 1.82) is 0 Å². The number of nitrogens with zero attached hydrogens (tertiary/aromatic N) is 1. The Labute approximate surface area is 188 Å². The molecule has 0 saturated heterocycles. The first kappa shape index (κ1) is 24.0. The number of carbonyl (C=O) groups is 2. The smallest absolute Gasteiger partial charge is 0.242 e. The number of ether oxygens (including phenoxy) is 1. The zero-order valence-corrected chi connectivity index (χ0v) is 19.1. The molecule has 2 aromatic rings. The van der Waals surface area contributed by atoms with Crippen molar-refractivity contribution in [2.24, 2.45) is 0 Å². The van der Waals surface area contributed by atoms with Gasteiger partial charge in [0.1, 0.15) is 11.8 Å². The standard InChI is InChI=1S/C23H28Cl2N2O3/c1-4-21(23(29)26-3)27(15-17-9-12-19(24)20(25)14-17)22(28)6-5-13-30-18-10-7-16(2)8-11-18/h7-12,14,21H,4-6,13,15H2,1-3H3,(H,26,29). The van der Waals surface area contributed by atoms with Gasteiger partial charge in [0, 0.05) is 20.0 Å². The Hall–Kier alpha value is -2.24. The van der Waals surface area contributed by atoms with Crippen LogP contribution in [0.15, 0.2) is 42.5 Å². The van der Waals surface area contributed by atoms with Crippen LogP contribution in [-0.2, 0) is 16.1 Å². The number of likely N-dealkylation sites (N-methyl/N-ethyl adjacent to an activating group) is 1. The molecule has 0 fully saturated rings. The average Bonchev–Trinajstić information content (AvgIpc) is 2.74. The summed E-state index contributed by atoms with van der Waals surface area (Å²) in [7, 11) is 1.57. The lowest BCUT2D eigenvalue weighted by Crippen LogP contribution is -2.48. The summed E-state index contributed by atoms with van der Waals surface area (Å²) in [6.07, 6.45) is 1.34. The summed E-state index contributed by atoms with van der Waals surface area (Å²) in [5.74, 6) is 0.475. The predicted molar refractivity (Wildman–Crippen MR) is 121 cm³/mol. The number of nitrogens with one attached hydrogen (secondary N) is 1. The second-order valence-corrected chi connectivity index (χ2v) is 7.89. The van der Waals surface area contributed by atoms with E-state index in [1.807, 2.05) is 44.2 Å². The van der Waals surface area contributed by atoms with E-state index >= 15 is 0 Å². The van der Waals surface area contributed by atoms with Gasteiger partial charge in [-0.25, -0.2) is 0 Å². The van der Waals surface area contributed by atoms with Gasteiger partial charge in [-0.3, -0.25) is 9.59 Å². The molecule has 1 unspecified atom stereocenters. The Morgan fingerprint density at radius 3 is 2.40 bits per heavy atom. The monoisotopic (exact) mass is 450 g/mol. The number of benzene rings is 2. The van der Waals surface area contributed by atoms with Crippen LogP contribution in [0.2, 0.25) is 10.0 Å². The van der Waals surface area contributed by atoms with Crippen molar-refractivity contribution in [3.63, 3.8) is 0 Å². The van der Waals surface area contributed by atoms with E-state index in [0.29, 0.717) is 29.5 Å². The van der Waals surface area contributed by atoms with Gasteiger partial charge in [-0.1, -0.05) is 53.9 Å². The number of amides is 2. The van der Waals surface area contributed by atoms with Gasteiger partial charge in [-0.2, -0.15) is 0 Å². The van der Waals surface area contributed by atoms with Gasteiger partial charge in [-0.05, 0) is 49.6 Å². The van der Waals surface area contributed by atoms with E-state index in [-0.39, 0.29) is 24.8 Å². The fourth-order valence-corrected chi connectivity index (χ4v) is 3.43. The molecule has 30 heavy (non-hydrogen) atoms. The number of carbonyl (C=O) groups excluding carboxylic acids is 2. The lowest BCUT2D eigenvalue weighted by molar-refractivity contribution is -0.141. The van der Waals surface area contributed by atoms with E-state index in [0.717, 1.165) is 16.9 Å². The van der Waals surface area contributed by atoms with Gasteiger partial charge in [0.2, 0.25) is 11.8 Å². The Kier molecular flexibility index (Phi) is 9.47. The summed E-state index contributed by atoms with van der Waals surface area (Å²) in [6, 6.07) is 12.4. The fourth-order valence-electron chi connectivity index (χ4n) is 3.11. The number of rotatable bonds is 10. The van der Waals surface area contributed by atoms with Crippen molar-refractivity contribution in [2.75, 3.05) is 13.7 Å². The molecule has 5 nitrogen and oxygen atoms in total. The molecule has 0 bridgehead atoms. The normalized spacial score (nSPS) is 11.6. The molecule has 1 N–H and O–H groups in total. The molecular formula is C23H28Cl2N2O3. The summed E-state index contributed by atoms with van der Waals surface area (Å²) >= 11 is 12.1. The predicted octanol–water partition coefficient (Wildman–Crippen LogP) is 5.01. The van der Waals surface area contributed by atoms with Crippen LogP contribution in [-0.4, -0.2) is 36.4 Å². The SMILES string of the molecule is CCC(C(=O)NC)N(Cc1ccc(Cl)c(Cl)c1)C(=O)CCCOc1ccc(C)cc1. The number of hydrogen-bond donors (Lipinski definition) is 1. The highest BCUT2D eigenvalue weighted by atomic mass is 35.5. The number of hydrogen-bond acceptors (Lipinski definition) is 3. The van der Waals surface area contributed by atoms with Gasteiger partial charge in [0.05, 0.1) is 16.7 Å². The quantitative estimate of drug-likeness (QED) is 0.517. The third kappa shape index (κ3) is 6.92. The van der Waals surface area contributed by atoms with E-state index in [9.17, 15) is 9.59 Å². The van der Waals surface area contributed by atoms with Gasteiger partial charge in [-0.15, -0.1) is 0 Å². The molecule has 0 aliphatic heterocycles. The first-order valence-electron chi connectivity index (χ1n) is 10.00. The summed E-state index contributed by atoms with van der Waals surface area (Å²) in [6.45, 7) is 4.60. The number of aryl methyl sites for hydroxylation is 1. The van der Waals surface area contributed by atoms with Crippen molar-refractivity contribution in [3.05, 3.63) is 63.6 Å². The molecule has 0 saturated carbocycles. The molecule has 0 heterocycles. The minimum Gasteiger partial charge on any atom is -0.494 e. The highest BCUT2D eigenvalue weighted by molar-refractivity contribution is 6.42. The first-order chi connectivity index (χ1) is 14.3. The lowest BCUT2D eigenvalue weighted by atomic mass is 10.1. The third-order valence-corrected chi connectivity index (χ3v) is 5.53. The maximum absolute atomic E-state index is 13.0. The molecular weight excluding hydrogens is 423 g/mol. The largest absolute Gasteiger partial charge is 0.494 e. The molecule has 2 rings (SSSR count). The maximum atomic E-state index is 13.0. The minimum absolute atomic E-state index is 0.107. The second kappa shape index (κ2) is 11.8. The summed E-state index contributed by atoms with van der Waals surface area (Å²) in [4.78, 5) is 27.0. The van der Waals surface area contributed by atoms with Gasteiger partial charge in [0.25, 0.3) is 0 Å². The Bertz CT molecular complexity index is 856. The molecule has 0 aliphatic rings. The Balaban J connectivity index is 2.04. The zero-order chi connectivity index (χ0) is 22.1. The van der Waals surface area contributed by atoms with Crippen LogP contribution in [0.1, 0.15) is 37.3 Å². The van der Waals surface area contributed by atoms with Crippen molar-refractivity contribution in [3.8, 4) is 5.75 Å². The number of halogens is 2. The molecule has 0 spiro atoms. The van der Waals surface area contributed by atoms with Gasteiger partial charge in [0.15, 0.2) is 0 Å². The topological polar surface area (TPSA) is 58.6 Å². The molecule has 2 aromatic carbocycles. The van der Waals surface area contributed by atoms with Crippen molar-refractivity contribution < 1.29 is 14.3 Å². The molecule has 162 valence electrons. The van der Waals surface area contributed by atoms with Crippen LogP contribution in [0, 0.1) is 6.92 Å². The summed E-state index contributed by atoms with van der Waals surface area (Å²) in [5, 5.41) is 3.51. The van der Waals surface area contributed by atoms with Crippen LogP contribution < -0.4 is 10.1 Å². The molecule has 0 aliphatic carbocycles. The fraction of sp³-hybridized carbons (Fsp3) is 0.391. The van der Waals surface area contributed by atoms with Crippen LogP contribution in [0.25, 0.3) is 0 Å². The van der Waals surface area contributed by atoms with Gasteiger partial charge < -0.3 is 15.0 Å². The van der Waals surface area contributed by atoms with E-state index in [1.54, 1.807) is 24.1 Å². The highest BCUT2D eigenvalue weighted by Crippen LogP contribution is 2.24. The Morgan fingerprint density at radius 1 is 1.10 bits per heavy atom. The Morgan fingerprint density at radius 2 is 1.80 bits per heavy atom. The third-order valence-electron chi connectivity index (χ3n) is 4.79. The van der Waals surface area contributed by atoms with E-state index < -0.39 is 6.04 Å². The molecule has 1 atom stereocenters. The van der Waals surface area contributed by atoms with Crippen LogP contribution in [0.4, 0.5) is 0 Å². The van der Waals surface area contributed by atoms with Crippen LogP contribution in [0.3, 0.4) is 0 Å². The summed E-state index contributed by atoms with van der Waals surface area (Å²) in [5.41, 5.74) is 1.98. The van der Waals surface area contributed by atoms with E-state index in [1.165, 1.54) is 0 Å². The first-order valence-corrected chi connectivity index (χ1v) is 10.8. The van der Waals surface area contributed by atoms with E-state index in [4.69, 9.17) is 27.9 Å². The molecule has 0 aromatic heterocycles. The second-order valence-electron chi connectivity index (χ2n) is 7.07. The van der Waals surface area contributed by atoms with Crippen molar-refractivity contribution >= 4 is 35.0 Å². The lowest BCUT2D eigenvalue weighted by Gasteiger charge is -2.30.